The molecule has 206 valence electrons. The predicted molar refractivity (Wildman–Crippen MR) is 141 cm³/mol. The first-order chi connectivity index (χ1) is 18.1. The molecular weight excluding hydrogens is 514 g/mol. The summed E-state index contributed by atoms with van der Waals surface area (Å²) in [7, 11) is 0. The van der Waals surface area contributed by atoms with E-state index in [0.29, 0.717) is 11.4 Å². The van der Waals surface area contributed by atoms with Gasteiger partial charge in [-0.15, -0.1) is 0 Å². The Hall–Kier alpha value is -3.91. The van der Waals surface area contributed by atoms with E-state index < -0.39 is 60.2 Å². The minimum absolute atomic E-state index is 0.117. The van der Waals surface area contributed by atoms with Crippen molar-refractivity contribution in [1.82, 2.24) is 25.9 Å². The number of nitrogens with two attached hydrogens (primary N) is 2. The zero-order valence-electron chi connectivity index (χ0n) is 20.9. The van der Waals surface area contributed by atoms with E-state index in [1.165, 1.54) is 18.1 Å². The molecule has 0 aliphatic heterocycles. The monoisotopic (exact) mass is 547 g/mol. The van der Waals surface area contributed by atoms with E-state index >= 15 is 0 Å². The van der Waals surface area contributed by atoms with Crippen LogP contribution < -0.4 is 27.4 Å². The highest BCUT2D eigenvalue weighted by Gasteiger charge is 2.31. The number of nitrogens with zero attached hydrogens (tertiary/aromatic N) is 1. The Bertz CT molecular complexity index is 1080. The number of carboxylic acids is 1. The summed E-state index contributed by atoms with van der Waals surface area (Å²) < 4.78 is 0. The fourth-order valence-electron chi connectivity index (χ4n) is 3.51. The lowest BCUT2D eigenvalue weighted by Crippen LogP contribution is -2.58. The molecule has 2 rings (SSSR count). The molecule has 0 fully saturated rings. The molecule has 1 aromatic heterocycles. The number of aromatic amines is 1. The number of nitrogens with one attached hydrogen (secondary N) is 4. The summed E-state index contributed by atoms with van der Waals surface area (Å²) >= 11 is 1.42. The molecule has 0 saturated heterocycles. The third-order valence-electron chi connectivity index (χ3n) is 5.51. The lowest BCUT2D eigenvalue weighted by molar-refractivity contribution is -0.143. The number of aliphatic carboxylic acids is 1. The van der Waals surface area contributed by atoms with Crippen molar-refractivity contribution >= 4 is 41.4 Å². The van der Waals surface area contributed by atoms with Gasteiger partial charge in [0.15, 0.2) is 0 Å². The van der Waals surface area contributed by atoms with Crippen molar-refractivity contribution in [2.75, 3.05) is 12.0 Å². The zero-order chi connectivity index (χ0) is 28.1. The average Bonchev–Trinajstić information content (AvgIpc) is 3.38. The molecule has 0 saturated carbocycles. The lowest BCUT2D eigenvalue weighted by Gasteiger charge is -2.25. The van der Waals surface area contributed by atoms with Gasteiger partial charge in [0.25, 0.3) is 0 Å². The number of imidazole rings is 1. The molecule has 4 unspecified atom stereocenters. The molecule has 9 N–H and O–H groups in total. The first kappa shape index (κ1) is 30.3. The maximum absolute atomic E-state index is 13.3. The Morgan fingerprint density at radius 3 is 2.18 bits per heavy atom. The average molecular weight is 548 g/mol. The fourth-order valence-corrected chi connectivity index (χ4v) is 3.99. The second-order valence-corrected chi connectivity index (χ2v) is 9.54. The van der Waals surface area contributed by atoms with E-state index in [-0.39, 0.29) is 19.3 Å². The number of primary amides is 1. The Balaban J connectivity index is 2.19. The Kier molecular flexibility index (Phi) is 12.3. The van der Waals surface area contributed by atoms with Crippen LogP contribution in [-0.2, 0) is 36.8 Å². The Morgan fingerprint density at radius 2 is 1.61 bits per heavy atom. The molecular formula is C24H33N7O6S. The first-order valence-electron chi connectivity index (χ1n) is 11.8. The molecule has 1 aromatic carbocycles. The number of thioether (sulfide) groups is 1. The number of hydrogen-bond donors (Lipinski definition) is 7. The van der Waals surface area contributed by atoms with Gasteiger partial charge in [0, 0.05) is 24.7 Å². The van der Waals surface area contributed by atoms with Gasteiger partial charge in [-0.2, -0.15) is 11.8 Å². The van der Waals surface area contributed by atoms with Gasteiger partial charge in [0.1, 0.15) is 18.1 Å². The van der Waals surface area contributed by atoms with Gasteiger partial charge in [0.05, 0.1) is 18.8 Å². The summed E-state index contributed by atoms with van der Waals surface area (Å²) in [6.07, 6.45) is 4.66. The van der Waals surface area contributed by atoms with Crippen molar-refractivity contribution in [3.63, 3.8) is 0 Å². The normalized spacial score (nSPS) is 13.9. The van der Waals surface area contributed by atoms with E-state index in [0.717, 1.165) is 5.56 Å². The van der Waals surface area contributed by atoms with E-state index in [9.17, 15) is 29.1 Å². The number of carbonyl (C=O) groups is 5. The van der Waals surface area contributed by atoms with Crippen LogP contribution in [0.5, 0.6) is 0 Å². The summed E-state index contributed by atoms with van der Waals surface area (Å²) in [6, 6.07) is 4.24. The fraction of sp³-hybridized carbons (Fsp3) is 0.417. The van der Waals surface area contributed by atoms with Crippen LogP contribution in [-0.4, -0.2) is 80.8 Å². The second-order valence-electron chi connectivity index (χ2n) is 8.55. The lowest BCUT2D eigenvalue weighted by atomic mass is 10.0. The molecule has 1 heterocycles. The van der Waals surface area contributed by atoms with Gasteiger partial charge in [-0.25, -0.2) is 9.78 Å². The standard InChI is InChI=1S/C24H33N7O6S/c1-38-8-7-17(22(34)31-19(24(36)37)11-20(26)32)29-23(35)18(9-14-5-3-2-4-6-14)30-21(33)16(25)10-15-12-27-13-28-15/h2-6,12-13,16-19H,7-11,25H2,1H3,(H2,26,32)(H,27,28)(H,29,35)(H,30,33)(H,31,34)(H,36,37). The second kappa shape index (κ2) is 15.4. The minimum Gasteiger partial charge on any atom is -0.480 e. The maximum atomic E-state index is 13.3. The van der Waals surface area contributed by atoms with Crippen LogP contribution in [0, 0.1) is 0 Å². The van der Waals surface area contributed by atoms with Gasteiger partial charge in [-0.1, -0.05) is 30.3 Å². The topological polar surface area (TPSA) is 222 Å². The third kappa shape index (κ3) is 10.2. The number of benzene rings is 1. The molecule has 0 aliphatic rings. The molecule has 0 aliphatic carbocycles. The molecule has 0 bridgehead atoms. The van der Waals surface area contributed by atoms with Crippen molar-refractivity contribution in [3.05, 3.63) is 54.1 Å². The highest BCUT2D eigenvalue weighted by Crippen LogP contribution is 2.08. The van der Waals surface area contributed by atoms with Gasteiger partial charge < -0.3 is 37.5 Å². The molecule has 4 atom stereocenters. The van der Waals surface area contributed by atoms with Crippen molar-refractivity contribution in [1.29, 1.82) is 0 Å². The van der Waals surface area contributed by atoms with Crippen LogP contribution in [0.15, 0.2) is 42.9 Å². The van der Waals surface area contributed by atoms with Gasteiger partial charge >= 0.3 is 5.97 Å². The zero-order valence-corrected chi connectivity index (χ0v) is 21.7. The number of carbonyl (C=O) groups excluding carboxylic acids is 4. The van der Waals surface area contributed by atoms with Crippen molar-refractivity contribution in [2.24, 2.45) is 11.5 Å². The molecule has 0 spiro atoms. The number of amides is 4. The minimum atomic E-state index is -1.55. The van der Waals surface area contributed by atoms with Gasteiger partial charge in [0.2, 0.25) is 23.6 Å². The van der Waals surface area contributed by atoms with Crippen molar-refractivity contribution in [3.8, 4) is 0 Å². The van der Waals surface area contributed by atoms with Crippen LogP contribution in [0.4, 0.5) is 0 Å². The van der Waals surface area contributed by atoms with Gasteiger partial charge in [-0.05, 0) is 24.0 Å². The van der Waals surface area contributed by atoms with Crippen LogP contribution in [0.2, 0.25) is 0 Å². The molecule has 38 heavy (non-hydrogen) atoms. The summed E-state index contributed by atoms with van der Waals surface area (Å²) in [4.78, 5) is 68.5. The van der Waals surface area contributed by atoms with Gasteiger partial charge in [-0.3, -0.25) is 19.2 Å². The third-order valence-corrected chi connectivity index (χ3v) is 6.15. The molecule has 4 amide bonds. The largest absolute Gasteiger partial charge is 0.480 e. The van der Waals surface area contributed by atoms with Crippen LogP contribution in [0.1, 0.15) is 24.1 Å². The predicted octanol–water partition coefficient (Wildman–Crippen LogP) is -1.31. The number of carboxylic acid groups (broad SMARTS) is 1. The smallest absolute Gasteiger partial charge is 0.326 e. The SMILES string of the molecule is CSCCC(NC(=O)C(Cc1ccccc1)NC(=O)C(N)Cc1cnc[nH]1)C(=O)NC(CC(N)=O)C(=O)O. The number of hydrogen-bond acceptors (Lipinski definition) is 8. The molecule has 2 aromatic rings. The highest BCUT2D eigenvalue weighted by atomic mass is 32.2. The quantitative estimate of drug-likeness (QED) is 0.132. The first-order valence-corrected chi connectivity index (χ1v) is 13.2. The van der Waals surface area contributed by atoms with Crippen molar-refractivity contribution in [2.45, 2.75) is 49.9 Å². The van der Waals surface area contributed by atoms with Crippen molar-refractivity contribution < 1.29 is 29.1 Å². The van der Waals surface area contributed by atoms with Crippen LogP contribution in [0.25, 0.3) is 0 Å². The Morgan fingerprint density at radius 1 is 0.974 bits per heavy atom. The maximum Gasteiger partial charge on any atom is 0.326 e. The summed E-state index contributed by atoms with van der Waals surface area (Å²) in [5.74, 6) is -3.89. The molecule has 0 radical (unpaired) electrons. The number of H-pyrrole nitrogens is 1. The van der Waals surface area contributed by atoms with E-state index in [4.69, 9.17) is 11.5 Å². The summed E-state index contributed by atoms with van der Waals surface area (Å²) in [5.41, 5.74) is 12.5. The number of aromatic nitrogens is 2. The van der Waals surface area contributed by atoms with E-state index in [1.807, 2.05) is 12.3 Å². The van der Waals surface area contributed by atoms with E-state index in [2.05, 4.69) is 25.9 Å². The number of rotatable bonds is 16. The summed E-state index contributed by atoms with van der Waals surface area (Å²) in [5, 5.41) is 16.9. The summed E-state index contributed by atoms with van der Waals surface area (Å²) in [6.45, 7) is 0. The molecule has 13 nitrogen and oxygen atoms in total. The van der Waals surface area contributed by atoms with Crippen LogP contribution in [0.3, 0.4) is 0 Å². The van der Waals surface area contributed by atoms with E-state index in [1.54, 1.807) is 30.5 Å². The highest BCUT2D eigenvalue weighted by molar-refractivity contribution is 7.98. The molecule has 14 heteroatoms. The van der Waals surface area contributed by atoms with Crippen LogP contribution >= 0.6 is 11.8 Å². The Labute approximate surface area is 223 Å².